The lowest BCUT2D eigenvalue weighted by atomic mass is 9.97. The van der Waals surface area contributed by atoms with Crippen LogP contribution in [0.4, 0.5) is 0 Å². The van der Waals surface area contributed by atoms with Gasteiger partial charge in [0.1, 0.15) is 16.7 Å². The van der Waals surface area contributed by atoms with Crippen LogP contribution in [0, 0.1) is 19.8 Å². The van der Waals surface area contributed by atoms with Crippen LogP contribution >= 0.6 is 11.3 Å². The molecule has 11 heteroatoms. The van der Waals surface area contributed by atoms with E-state index in [2.05, 4.69) is 14.5 Å². The SMILES string of the molecule is COC(=O)[C@@H](Cc1ccccc1)C(=O)N[C@@H](Cc1ccc(OS(N)(=O)=O)cc1)c1nc(C)c(C)s1. The number of thiazole rings is 1. The number of aryl methyl sites for hydroxylation is 2. The predicted octanol–water partition coefficient (Wildman–Crippen LogP) is 2.77. The molecule has 0 aliphatic heterocycles. The number of hydrogen-bond donors (Lipinski definition) is 2. The van der Waals surface area contributed by atoms with Crippen molar-refractivity contribution < 1.29 is 26.9 Å². The summed E-state index contributed by atoms with van der Waals surface area (Å²) in [7, 11) is -2.88. The summed E-state index contributed by atoms with van der Waals surface area (Å²) in [6.07, 6.45) is 0.550. The summed E-state index contributed by atoms with van der Waals surface area (Å²) in [5, 5.41) is 8.58. The zero-order chi connectivity index (χ0) is 25.6. The molecule has 0 aliphatic rings. The van der Waals surface area contributed by atoms with Crippen molar-refractivity contribution in [2.75, 3.05) is 7.11 Å². The smallest absolute Gasteiger partial charge is 0.380 e. The molecule has 2 aromatic carbocycles. The first-order chi connectivity index (χ1) is 16.6. The Morgan fingerprint density at radius 1 is 1.03 bits per heavy atom. The van der Waals surface area contributed by atoms with Crippen molar-refractivity contribution in [1.82, 2.24) is 10.3 Å². The molecule has 0 bridgehead atoms. The van der Waals surface area contributed by atoms with Gasteiger partial charge in [-0.25, -0.2) is 4.98 Å². The Balaban J connectivity index is 1.84. The van der Waals surface area contributed by atoms with E-state index in [1.54, 1.807) is 12.1 Å². The maximum atomic E-state index is 13.3. The van der Waals surface area contributed by atoms with Crippen LogP contribution in [0.1, 0.15) is 32.7 Å². The normalized spacial score (nSPS) is 13.0. The van der Waals surface area contributed by atoms with Gasteiger partial charge in [-0.15, -0.1) is 11.3 Å². The van der Waals surface area contributed by atoms with Crippen LogP contribution in [0.5, 0.6) is 5.75 Å². The molecule has 3 aromatic rings. The second-order valence-electron chi connectivity index (χ2n) is 7.94. The minimum absolute atomic E-state index is 0.0754. The van der Waals surface area contributed by atoms with Crippen LogP contribution in [-0.4, -0.2) is 32.4 Å². The molecule has 3 rings (SSSR count). The topological polar surface area (TPSA) is 138 Å². The zero-order valence-corrected chi connectivity index (χ0v) is 21.2. The Hall–Kier alpha value is -3.28. The van der Waals surface area contributed by atoms with Crippen molar-refractivity contribution in [2.24, 2.45) is 11.1 Å². The van der Waals surface area contributed by atoms with Gasteiger partial charge in [-0.1, -0.05) is 42.5 Å². The quantitative estimate of drug-likeness (QED) is 0.311. The number of nitrogens with zero attached hydrogens (tertiary/aromatic N) is 1. The molecule has 9 nitrogen and oxygen atoms in total. The first-order valence-electron chi connectivity index (χ1n) is 10.7. The molecule has 3 N–H and O–H groups in total. The molecule has 1 aromatic heterocycles. The van der Waals surface area contributed by atoms with Crippen LogP contribution in [0.2, 0.25) is 0 Å². The summed E-state index contributed by atoms with van der Waals surface area (Å²) < 4.78 is 31.9. The molecule has 1 amide bonds. The van der Waals surface area contributed by atoms with E-state index in [0.29, 0.717) is 11.4 Å². The number of methoxy groups -OCH3 is 1. The molecule has 0 saturated carbocycles. The lowest BCUT2D eigenvalue weighted by Crippen LogP contribution is -2.40. The van der Waals surface area contributed by atoms with Crippen molar-refractivity contribution in [3.8, 4) is 5.75 Å². The van der Waals surface area contributed by atoms with E-state index in [0.717, 1.165) is 21.7 Å². The number of nitrogens with one attached hydrogen (secondary N) is 1. The summed E-state index contributed by atoms with van der Waals surface area (Å²) in [5.74, 6) is -2.05. The van der Waals surface area contributed by atoms with Crippen LogP contribution < -0.4 is 14.6 Å². The molecule has 35 heavy (non-hydrogen) atoms. The van der Waals surface area contributed by atoms with E-state index in [1.807, 2.05) is 44.2 Å². The molecular weight excluding hydrogens is 490 g/mol. The minimum Gasteiger partial charge on any atom is -0.468 e. The second-order valence-corrected chi connectivity index (χ2v) is 10.3. The molecule has 0 fully saturated rings. The fourth-order valence-corrected chi connectivity index (χ4v) is 4.80. The Morgan fingerprint density at radius 2 is 1.66 bits per heavy atom. The average molecular weight is 518 g/mol. The summed E-state index contributed by atoms with van der Waals surface area (Å²) in [6, 6.07) is 15.0. The largest absolute Gasteiger partial charge is 0.468 e. The molecule has 186 valence electrons. The van der Waals surface area contributed by atoms with Gasteiger partial charge in [-0.3, -0.25) is 9.59 Å². The monoisotopic (exact) mass is 517 g/mol. The highest BCUT2D eigenvalue weighted by molar-refractivity contribution is 7.84. The van der Waals surface area contributed by atoms with E-state index in [-0.39, 0.29) is 12.2 Å². The van der Waals surface area contributed by atoms with Gasteiger partial charge in [0.25, 0.3) is 0 Å². The highest BCUT2D eigenvalue weighted by atomic mass is 32.2. The number of nitrogens with two attached hydrogens (primary N) is 1. The third-order valence-corrected chi connectivity index (χ3v) is 6.93. The van der Waals surface area contributed by atoms with Crippen LogP contribution in [-0.2, 0) is 37.5 Å². The molecular formula is C24H27N3O6S2. The number of ether oxygens (including phenoxy) is 1. The van der Waals surface area contributed by atoms with Crippen molar-refractivity contribution in [2.45, 2.75) is 32.7 Å². The summed E-state index contributed by atoms with van der Waals surface area (Å²) in [4.78, 5) is 31.4. The first kappa shape index (κ1) is 26.3. The van der Waals surface area contributed by atoms with Gasteiger partial charge in [0.15, 0.2) is 0 Å². The fourth-order valence-electron chi connectivity index (χ4n) is 3.45. The van der Waals surface area contributed by atoms with Gasteiger partial charge in [-0.2, -0.15) is 13.6 Å². The zero-order valence-electron chi connectivity index (χ0n) is 19.6. The van der Waals surface area contributed by atoms with Crippen LogP contribution in [0.3, 0.4) is 0 Å². The van der Waals surface area contributed by atoms with E-state index >= 15 is 0 Å². The first-order valence-corrected chi connectivity index (χ1v) is 13.0. The number of esters is 1. The standard InChI is InChI=1S/C24H27N3O6S2/c1-15-16(2)34-23(26-15)21(14-18-9-11-19(12-10-18)33-35(25,30)31)27-22(28)20(24(29)32-3)13-17-7-5-4-6-8-17/h4-12,20-21H,13-14H2,1-3H3,(H,27,28)(H2,25,30,31)/t20-,21-/m0/s1. The number of carbonyl (C=O) groups excluding carboxylic acids is 2. The Morgan fingerprint density at radius 3 is 2.20 bits per heavy atom. The minimum atomic E-state index is -4.13. The number of hydrogen-bond acceptors (Lipinski definition) is 8. The van der Waals surface area contributed by atoms with Gasteiger partial charge in [0, 0.05) is 4.88 Å². The molecule has 0 radical (unpaired) electrons. The lowest BCUT2D eigenvalue weighted by molar-refractivity contribution is -0.150. The van der Waals surface area contributed by atoms with Gasteiger partial charge >= 0.3 is 16.3 Å². The van der Waals surface area contributed by atoms with Gasteiger partial charge in [0.05, 0.1) is 18.8 Å². The fraction of sp³-hybridized carbons (Fsp3) is 0.292. The molecule has 0 aliphatic carbocycles. The molecule has 0 spiro atoms. The molecule has 0 unspecified atom stereocenters. The van der Waals surface area contributed by atoms with Crippen LogP contribution in [0.15, 0.2) is 54.6 Å². The van der Waals surface area contributed by atoms with E-state index in [9.17, 15) is 18.0 Å². The molecule has 0 saturated heterocycles. The number of rotatable bonds is 10. The Bertz CT molecular complexity index is 1250. The van der Waals surface area contributed by atoms with Gasteiger partial charge in [0.2, 0.25) is 5.91 Å². The average Bonchev–Trinajstić information content (AvgIpc) is 3.15. The summed E-state index contributed by atoms with van der Waals surface area (Å²) >= 11 is 1.46. The van der Waals surface area contributed by atoms with Crippen molar-refractivity contribution in [1.29, 1.82) is 0 Å². The van der Waals surface area contributed by atoms with Gasteiger partial charge in [-0.05, 0) is 49.9 Å². The molecule has 2 atom stereocenters. The van der Waals surface area contributed by atoms with Crippen LogP contribution in [0.25, 0.3) is 0 Å². The van der Waals surface area contributed by atoms with E-state index in [1.165, 1.54) is 30.6 Å². The Labute approximate surface area is 208 Å². The number of aromatic nitrogens is 1. The molecule has 1 heterocycles. The van der Waals surface area contributed by atoms with Crippen molar-refractivity contribution in [3.63, 3.8) is 0 Å². The number of amides is 1. The highest BCUT2D eigenvalue weighted by Crippen LogP contribution is 2.27. The van der Waals surface area contributed by atoms with E-state index in [4.69, 9.17) is 9.88 Å². The maximum absolute atomic E-state index is 13.3. The van der Waals surface area contributed by atoms with Crippen molar-refractivity contribution in [3.05, 3.63) is 81.3 Å². The summed E-state index contributed by atoms with van der Waals surface area (Å²) in [5.41, 5.74) is 2.48. The highest BCUT2D eigenvalue weighted by Gasteiger charge is 2.31. The van der Waals surface area contributed by atoms with Crippen molar-refractivity contribution >= 4 is 33.5 Å². The van der Waals surface area contributed by atoms with E-state index < -0.39 is 34.1 Å². The third kappa shape index (κ3) is 7.61. The lowest BCUT2D eigenvalue weighted by Gasteiger charge is -2.21. The van der Waals surface area contributed by atoms with Gasteiger partial charge < -0.3 is 14.2 Å². The third-order valence-electron chi connectivity index (χ3n) is 5.32. The predicted molar refractivity (Wildman–Crippen MR) is 132 cm³/mol. The Kier molecular flexibility index (Phi) is 8.60. The second kappa shape index (κ2) is 11.4. The number of benzene rings is 2. The number of carbonyl (C=O) groups is 2. The summed E-state index contributed by atoms with van der Waals surface area (Å²) in [6.45, 7) is 3.84. The maximum Gasteiger partial charge on any atom is 0.380 e.